The van der Waals surface area contributed by atoms with Crippen LogP contribution in [-0.2, 0) is 14.3 Å². The van der Waals surface area contributed by atoms with Gasteiger partial charge >= 0.3 is 5.97 Å². The van der Waals surface area contributed by atoms with Crippen molar-refractivity contribution in [1.82, 2.24) is 0 Å². The number of methoxy groups -OCH3 is 1. The van der Waals surface area contributed by atoms with Gasteiger partial charge in [0.15, 0.2) is 6.61 Å². The highest BCUT2D eigenvalue weighted by Crippen LogP contribution is 2.26. The van der Waals surface area contributed by atoms with Gasteiger partial charge in [-0.15, -0.1) is 0 Å². The van der Waals surface area contributed by atoms with Gasteiger partial charge in [-0.2, -0.15) is 0 Å². The van der Waals surface area contributed by atoms with Gasteiger partial charge in [-0.05, 0) is 47.2 Å². The maximum Gasteiger partial charge on any atom is 0.342 e. The van der Waals surface area contributed by atoms with Crippen LogP contribution in [0.5, 0.6) is 5.75 Å². The summed E-state index contributed by atoms with van der Waals surface area (Å²) in [4.78, 5) is 35.6. The van der Waals surface area contributed by atoms with Crippen LogP contribution in [0.15, 0.2) is 60.7 Å². The third-order valence-electron chi connectivity index (χ3n) is 4.11. The minimum absolute atomic E-state index is 0.183. The van der Waals surface area contributed by atoms with Crippen LogP contribution in [0.1, 0.15) is 17.3 Å². The molecular weight excluding hydrogens is 372 g/mol. The van der Waals surface area contributed by atoms with Gasteiger partial charge in [-0.1, -0.05) is 24.3 Å². The van der Waals surface area contributed by atoms with E-state index < -0.39 is 18.5 Å². The summed E-state index contributed by atoms with van der Waals surface area (Å²) in [5.74, 6) is -0.936. The number of fused-ring (bicyclic) bond motifs is 1. The lowest BCUT2D eigenvalue weighted by Gasteiger charge is -2.11. The molecule has 0 fully saturated rings. The van der Waals surface area contributed by atoms with E-state index in [0.717, 1.165) is 10.8 Å². The SMILES string of the molecule is COc1cc2ccccc2cc1C(=O)OCC(=O)Nc1ccc(NC(C)=O)cc1. The zero-order valence-electron chi connectivity index (χ0n) is 16.0. The third-order valence-corrected chi connectivity index (χ3v) is 4.11. The lowest BCUT2D eigenvalue weighted by atomic mass is 10.1. The molecule has 0 aliphatic heterocycles. The molecule has 2 amide bonds. The van der Waals surface area contributed by atoms with E-state index in [2.05, 4.69) is 10.6 Å². The molecule has 0 bridgehead atoms. The lowest BCUT2D eigenvalue weighted by molar-refractivity contribution is -0.119. The van der Waals surface area contributed by atoms with Crippen molar-refractivity contribution < 1.29 is 23.9 Å². The van der Waals surface area contributed by atoms with Gasteiger partial charge in [-0.3, -0.25) is 9.59 Å². The van der Waals surface area contributed by atoms with E-state index in [4.69, 9.17) is 9.47 Å². The van der Waals surface area contributed by atoms with Gasteiger partial charge in [0.1, 0.15) is 11.3 Å². The maximum atomic E-state index is 12.4. The van der Waals surface area contributed by atoms with Crippen LogP contribution in [-0.4, -0.2) is 31.5 Å². The summed E-state index contributed by atoms with van der Waals surface area (Å²) < 4.78 is 10.4. The zero-order chi connectivity index (χ0) is 20.8. The molecule has 0 heterocycles. The van der Waals surface area contributed by atoms with Crippen LogP contribution in [0.4, 0.5) is 11.4 Å². The van der Waals surface area contributed by atoms with Gasteiger partial charge in [0, 0.05) is 18.3 Å². The number of amides is 2. The molecular formula is C22H20N2O5. The van der Waals surface area contributed by atoms with Crippen molar-refractivity contribution in [1.29, 1.82) is 0 Å². The Hall–Kier alpha value is -3.87. The second kappa shape index (κ2) is 8.88. The van der Waals surface area contributed by atoms with Crippen molar-refractivity contribution in [2.45, 2.75) is 6.92 Å². The molecule has 0 radical (unpaired) electrons. The van der Waals surface area contributed by atoms with E-state index in [1.54, 1.807) is 36.4 Å². The van der Waals surface area contributed by atoms with Gasteiger partial charge in [0.25, 0.3) is 5.91 Å². The number of esters is 1. The molecule has 29 heavy (non-hydrogen) atoms. The highest BCUT2D eigenvalue weighted by Gasteiger charge is 2.16. The number of ether oxygens (including phenoxy) is 2. The number of carbonyl (C=O) groups is 3. The number of nitrogens with one attached hydrogen (secondary N) is 2. The van der Waals surface area contributed by atoms with Gasteiger partial charge in [0.05, 0.1) is 7.11 Å². The molecule has 2 N–H and O–H groups in total. The topological polar surface area (TPSA) is 93.7 Å². The minimum atomic E-state index is -0.649. The van der Waals surface area contributed by atoms with Crippen LogP contribution in [0.25, 0.3) is 10.8 Å². The summed E-state index contributed by atoms with van der Waals surface area (Å²) in [6, 6.07) is 17.6. The third kappa shape index (κ3) is 5.10. The summed E-state index contributed by atoms with van der Waals surface area (Å²) in [7, 11) is 1.47. The van der Waals surface area contributed by atoms with Crippen LogP contribution >= 0.6 is 0 Å². The molecule has 0 saturated heterocycles. The molecule has 0 aliphatic carbocycles. The van der Waals surface area contributed by atoms with E-state index in [1.807, 2.05) is 24.3 Å². The fourth-order valence-electron chi connectivity index (χ4n) is 2.79. The first-order chi connectivity index (χ1) is 14.0. The number of carbonyl (C=O) groups excluding carboxylic acids is 3. The fourth-order valence-corrected chi connectivity index (χ4v) is 2.79. The Kier molecular flexibility index (Phi) is 6.09. The fraction of sp³-hybridized carbons (Fsp3) is 0.136. The Morgan fingerprint density at radius 3 is 2.03 bits per heavy atom. The lowest BCUT2D eigenvalue weighted by Crippen LogP contribution is -2.21. The Morgan fingerprint density at radius 2 is 1.45 bits per heavy atom. The number of benzene rings is 3. The molecule has 3 aromatic carbocycles. The Labute approximate surface area is 167 Å². The van der Waals surface area contributed by atoms with Crippen molar-refractivity contribution in [2.75, 3.05) is 24.4 Å². The number of anilines is 2. The molecule has 0 spiro atoms. The maximum absolute atomic E-state index is 12.4. The summed E-state index contributed by atoms with van der Waals surface area (Å²) in [6.45, 7) is 0.969. The van der Waals surface area contributed by atoms with Crippen LogP contribution in [0.2, 0.25) is 0 Å². The predicted octanol–water partition coefficient (Wildman–Crippen LogP) is 3.60. The molecule has 7 heteroatoms. The van der Waals surface area contributed by atoms with Crippen molar-refractivity contribution >= 4 is 39.9 Å². The number of hydrogen-bond acceptors (Lipinski definition) is 5. The van der Waals surface area contributed by atoms with Gasteiger partial charge in [0.2, 0.25) is 5.91 Å². The van der Waals surface area contributed by atoms with Gasteiger partial charge < -0.3 is 20.1 Å². The minimum Gasteiger partial charge on any atom is -0.496 e. The van der Waals surface area contributed by atoms with Crippen molar-refractivity contribution in [2.24, 2.45) is 0 Å². The number of hydrogen-bond donors (Lipinski definition) is 2. The second-order valence-electron chi connectivity index (χ2n) is 6.28. The van der Waals surface area contributed by atoms with Crippen LogP contribution < -0.4 is 15.4 Å². The van der Waals surface area contributed by atoms with Gasteiger partial charge in [-0.25, -0.2) is 4.79 Å². The summed E-state index contributed by atoms with van der Waals surface area (Å²) in [5, 5.41) is 7.06. The molecule has 7 nitrogen and oxygen atoms in total. The van der Waals surface area contributed by atoms with Crippen molar-refractivity contribution in [3.8, 4) is 5.75 Å². The largest absolute Gasteiger partial charge is 0.496 e. The van der Waals surface area contributed by atoms with E-state index in [-0.39, 0.29) is 11.5 Å². The van der Waals surface area contributed by atoms with E-state index in [0.29, 0.717) is 17.1 Å². The normalized spacial score (nSPS) is 10.3. The first kappa shape index (κ1) is 19.9. The quantitative estimate of drug-likeness (QED) is 0.625. The van der Waals surface area contributed by atoms with Crippen LogP contribution in [0, 0.1) is 0 Å². The van der Waals surface area contributed by atoms with E-state index in [9.17, 15) is 14.4 Å². The summed E-state index contributed by atoms with van der Waals surface area (Å²) in [6.07, 6.45) is 0. The first-order valence-electron chi connectivity index (χ1n) is 8.87. The highest BCUT2D eigenvalue weighted by molar-refractivity contribution is 6.00. The number of rotatable bonds is 6. The average Bonchev–Trinajstić information content (AvgIpc) is 2.72. The summed E-state index contributed by atoms with van der Waals surface area (Å²) >= 11 is 0. The standard InChI is InChI=1S/C22H20N2O5/c1-14(25)23-17-7-9-18(10-8-17)24-21(26)13-29-22(27)19-11-15-5-3-4-6-16(15)12-20(19)28-2/h3-12H,13H2,1-2H3,(H,23,25)(H,24,26). The molecule has 148 valence electrons. The second-order valence-corrected chi connectivity index (χ2v) is 6.28. The molecule has 3 aromatic rings. The molecule has 0 aliphatic rings. The van der Waals surface area contributed by atoms with Crippen LogP contribution in [0.3, 0.4) is 0 Å². The zero-order valence-corrected chi connectivity index (χ0v) is 16.0. The molecule has 0 unspecified atom stereocenters. The molecule has 3 rings (SSSR count). The highest BCUT2D eigenvalue weighted by atomic mass is 16.5. The predicted molar refractivity (Wildman–Crippen MR) is 110 cm³/mol. The summed E-state index contributed by atoms with van der Waals surface area (Å²) in [5.41, 5.74) is 1.38. The molecule has 0 saturated carbocycles. The van der Waals surface area contributed by atoms with E-state index >= 15 is 0 Å². The van der Waals surface area contributed by atoms with Crippen molar-refractivity contribution in [3.05, 3.63) is 66.2 Å². The Bertz CT molecular complexity index is 1060. The van der Waals surface area contributed by atoms with Crippen molar-refractivity contribution in [3.63, 3.8) is 0 Å². The molecule has 0 aromatic heterocycles. The van der Waals surface area contributed by atoms with E-state index in [1.165, 1.54) is 14.0 Å². The average molecular weight is 392 g/mol. The molecule has 0 atom stereocenters. The monoisotopic (exact) mass is 392 g/mol. The Balaban J connectivity index is 1.62. The Morgan fingerprint density at radius 1 is 0.862 bits per heavy atom. The first-order valence-corrected chi connectivity index (χ1v) is 8.87. The smallest absolute Gasteiger partial charge is 0.342 e.